The van der Waals surface area contributed by atoms with Gasteiger partial charge < -0.3 is 13.8 Å². The summed E-state index contributed by atoms with van der Waals surface area (Å²) in [4.78, 5) is 11.0. The molecule has 0 aromatic heterocycles. The van der Waals surface area contributed by atoms with Crippen molar-refractivity contribution in [3.63, 3.8) is 0 Å². The molecule has 1 rings (SSSR count). The number of aromatic hydroxyl groups is 1. The van der Waals surface area contributed by atoms with Crippen molar-refractivity contribution in [1.82, 2.24) is 0 Å². The molecule has 0 saturated heterocycles. The molecule has 0 amide bonds. The standard InChI is InChI=1S/C8H8O5S/c1-5(9)8-6(10)3-2-4-7(8)13-14(11)12/h2-4,10H,1H3,(H,11,12)/p-1. The first-order chi connectivity index (χ1) is 6.52. The van der Waals surface area contributed by atoms with Crippen molar-refractivity contribution in [2.45, 2.75) is 6.92 Å². The van der Waals surface area contributed by atoms with Crippen LogP contribution in [0.3, 0.4) is 0 Å². The predicted molar refractivity (Wildman–Crippen MR) is 47.7 cm³/mol. The molecule has 1 aromatic rings. The Morgan fingerprint density at radius 3 is 2.71 bits per heavy atom. The Hall–Kier alpha value is -1.40. The number of carbonyl (C=O) groups excluding carboxylic acids is 1. The summed E-state index contributed by atoms with van der Waals surface area (Å²) in [5.74, 6) is -0.949. The zero-order chi connectivity index (χ0) is 10.7. The Labute approximate surface area is 82.8 Å². The summed E-state index contributed by atoms with van der Waals surface area (Å²) < 4.78 is 24.8. The zero-order valence-corrected chi connectivity index (χ0v) is 8.04. The van der Waals surface area contributed by atoms with Gasteiger partial charge in [0.25, 0.3) is 0 Å². The maximum atomic E-state index is 11.0. The van der Waals surface area contributed by atoms with Crippen LogP contribution in [0.2, 0.25) is 0 Å². The van der Waals surface area contributed by atoms with Crippen LogP contribution in [-0.2, 0) is 11.4 Å². The second-order valence-electron chi connectivity index (χ2n) is 2.49. The van der Waals surface area contributed by atoms with Gasteiger partial charge in [-0.15, -0.1) is 0 Å². The first kappa shape index (κ1) is 10.7. The molecule has 0 aliphatic rings. The summed E-state index contributed by atoms with van der Waals surface area (Å²) in [5, 5.41) is 9.27. The lowest BCUT2D eigenvalue weighted by Gasteiger charge is -2.10. The van der Waals surface area contributed by atoms with E-state index in [0.717, 1.165) is 0 Å². The molecule has 0 saturated carbocycles. The lowest BCUT2D eigenvalue weighted by atomic mass is 10.1. The summed E-state index contributed by atoms with van der Waals surface area (Å²) in [6.45, 7) is 1.20. The third-order valence-corrected chi connectivity index (χ3v) is 1.83. The van der Waals surface area contributed by atoms with Crippen LogP contribution < -0.4 is 4.18 Å². The summed E-state index contributed by atoms with van der Waals surface area (Å²) in [5.41, 5.74) is -0.142. The summed E-state index contributed by atoms with van der Waals surface area (Å²) in [6.07, 6.45) is 0. The molecule has 5 nitrogen and oxygen atoms in total. The minimum atomic E-state index is -2.76. The van der Waals surface area contributed by atoms with Crippen molar-refractivity contribution in [1.29, 1.82) is 0 Å². The normalized spacial score (nSPS) is 12.1. The van der Waals surface area contributed by atoms with E-state index in [9.17, 15) is 18.7 Å². The van der Waals surface area contributed by atoms with Crippen molar-refractivity contribution in [3.8, 4) is 11.5 Å². The third kappa shape index (κ3) is 2.30. The number of carbonyl (C=O) groups is 1. The van der Waals surface area contributed by atoms with E-state index in [4.69, 9.17) is 0 Å². The van der Waals surface area contributed by atoms with Crippen LogP contribution in [0, 0.1) is 0 Å². The predicted octanol–water partition coefficient (Wildman–Crippen LogP) is 0.768. The third-order valence-electron chi connectivity index (χ3n) is 1.51. The Morgan fingerprint density at radius 1 is 1.57 bits per heavy atom. The molecule has 14 heavy (non-hydrogen) atoms. The van der Waals surface area contributed by atoms with Crippen LogP contribution >= 0.6 is 0 Å². The molecule has 1 atom stereocenters. The maximum Gasteiger partial charge on any atom is 0.167 e. The second kappa shape index (κ2) is 4.21. The van der Waals surface area contributed by atoms with Gasteiger partial charge in [0.05, 0.1) is 0 Å². The van der Waals surface area contributed by atoms with Gasteiger partial charge in [0.15, 0.2) is 11.5 Å². The molecule has 0 heterocycles. The molecule has 0 aliphatic heterocycles. The molecule has 76 valence electrons. The van der Waals surface area contributed by atoms with Crippen molar-refractivity contribution in [2.24, 2.45) is 0 Å². The van der Waals surface area contributed by atoms with Gasteiger partial charge >= 0.3 is 0 Å². The van der Waals surface area contributed by atoms with Crippen molar-refractivity contribution < 1.29 is 22.8 Å². The van der Waals surface area contributed by atoms with E-state index >= 15 is 0 Å². The quantitative estimate of drug-likeness (QED) is 0.594. The highest BCUT2D eigenvalue weighted by Gasteiger charge is 2.13. The fourth-order valence-corrected chi connectivity index (χ4v) is 1.30. The summed E-state index contributed by atoms with van der Waals surface area (Å²) in [6, 6.07) is 3.94. The average Bonchev–Trinajstić information content (AvgIpc) is 2.01. The first-order valence-electron chi connectivity index (χ1n) is 3.63. The number of hydrogen-bond donors (Lipinski definition) is 1. The molecule has 1 N–H and O–H groups in total. The fraction of sp³-hybridized carbons (Fsp3) is 0.125. The first-order valence-corrected chi connectivity index (χ1v) is 4.63. The highest BCUT2D eigenvalue weighted by Crippen LogP contribution is 2.28. The largest absolute Gasteiger partial charge is 0.740 e. The fourth-order valence-electron chi connectivity index (χ4n) is 1.02. The van der Waals surface area contributed by atoms with Crippen molar-refractivity contribution in [2.75, 3.05) is 0 Å². The van der Waals surface area contributed by atoms with Crippen LogP contribution in [0.1, 0.15) is 17.3 Å². The van der Waals surface area contributed by atoms with Crippen LogP contribution in [-0.4, -0.2) is 19.7 Å². The molecule has 0 bridgehead atoms. The van der Waals surface area contributed by atoms with E-state index in [0.29, 0.717) is 0 Å². The summed E-state index contributed by atoms with van der Waals surface area (Å²) >= 11 is -2.76. The number of rotatable bonds is 3. The van der Waals surface area contributed by atoms with Gasteiger partial charge in [0.1, 0.15) is 22.7 Å². The van der Waals surface area contributed by atoms with Gasteiger partial charge in [-0.05, 0) is 19.1 Å². The Kier molecular flexibility index (Phi) is 3.21. The van der Waals surface area contributed by atoms with E-state index in [1.54, 1.807) is 0 Å². The molecule has 1 aromatic carbocycles. The van der Waals surface area contributed by atoms with Crippen LogP contribution in [0.4, 0.5) is 0 Å². The minimum Gasteiger partial charge on any atom is -0.740 e. The number of Topliss-reactive ketones (excluding diaryl/α,β-unsaturated/α-hetero) is 1. The molecule has 0 radical (unpaired) electrons. The number of phenolic OH excluding ortho intramolecular Hbond substituents is 1. The smallest absolute Gasteiger partial charge is 0.167 e. The molecular formula is C8H7O5S-. The topological polar surface area (TPSA) is 86.7 Å². The second-order valence-corrected chi connectivity index (χ2v) is 3.07. The molecule has 0 spiro atoms. The average molecular weight is 215 g/mol. The van der Waals surface area contributed by atoms with Gasteiger partial charge in [0, 0.05) is 0 Å². The number of hydrogen-bond acceptors (Lipinski definition) is 5. The summed E-state index contributed by atoms with van der Waals surface area (Å²) in [7, 11) is 0. The number of benzene rings is 1. The van der Waals surface area contributed by atoms with Crippen LogP contribution in [0.15, 0.2) is 18.2 Å². The van der Waals surface area contributed by atoms with E-state index in [2.05, 4.69) is 4.18 Å². The van der Waals surface area contributed by atoms with Gasteiger partial charge in [-0.25, -0.2) is 4.21 Å². The lowest BCUT2D eigenvalue weighted by Crippen LogP contribution is -2.03. The SMILES string of the molecule is CC(=O)c1c(O)cccc1OS(=O)[O-]. The lowest BCUT2D eigenvalue weighted by molar-refractivity contribution is 0.101. The zero-order valence-electron chi connectivity index (χ0n) is 7.22. The van der Waals surface area contributed by atoms with Crippen molar-refractivity contribution in [3.05, 3.63) is 23.8 Å². The van der Waals surface area contributed by atoms with Crippen molar-refractivity contribution >= 4 is 17.1 Å². The Morgan fingerprint density at radius 2 is 2.21 bits per heavy atom. The molecule has 0 aliphatic carbocycles. The molecule has 1 unspecified atom stereocenters. The molecule has 0 fully saturated rings. The maximum absolute atomic E-state index is 11.0. The Bertz CT molecular complexity index is 387. The minimum absolute atomic E-state index is 0.142. The Balaban J connectivity index is 3.21. The highest BCUT2D eigenvalue weighted by atomic mass is 32.2. The van der Waals surface area contributed by atoms with Crippen LogP contribution in [0.5, 0.6) is 11.5 Å². The van der Waals surface area contributed by atoms with E-state index in [1.807, 2.05) is 0 Å². The van der Waals surface area contributed by atoms with Crippen LogP contribution in [0.25, 0.3) is 0 Å². The van der Waals surface area contributed by atoms with E-state index in [1.165, 1.54) is 25.1 Å². The highest BCUT2D eigenvalue weighted by molar-refractivity contribution is 7.74. The van der Waals surface area contributed by atoms with Gasteiger partial charge in [-0.3, -0.25) is 4.79 Å². The van der Waals surface area contributed by atoms with Gasteiger partial charge in [-0.2, -0.15) is 0 Å². The van der Waals surface area contributed by atoms with E-state index in [-0.39, 0.29) is 17.1 Å². The number of ketones is 1. The van der Waals surface area contributed by atoms with Gasteiger partial charge in [-0.1, -0.05) is 6.07 Å². The number of phenols is 1. The van der Waals surface area contributed by atoms with Gasteiger partial charge in [0.2, 0.25) is 0 Å². The van der Waals surface area contributed by atoms with E-state index < -0.39 is 17.1 Å². The molecular weight excluding hydrogens is 208 g/mol. The monoisotopic (exact) mass is 215 g/mol. The molecule has 6 heteroatoms.